The summed E-state index contributed by atoms with van der Waals surface area (Å²) < 4.78 is 90.4. The number of rotatable bonds is 31. The number of fused-ring (bicyclic) bond motifs is 2. The lowest BCUT2D eigenvalue weighted by Crippen LogP contribution is -2.39. The number of carbonyl (C=O) groups is 2. The Hall–Kier alpha value is -4.74. The fraction of sp³-hybridized carbons (Fsp3) is 0.480. The van der Waals surface area contributed by atoms with E-state index in [0.29, 0.717) is 60.6 Å². The number of ether oxygens (including phenoxy) is 6. The number of benzene rings is 4. The minimum Gasteiger partial charge on any atom is -0.486 e. The van der Waals surface area contributed by atoms with E-state index in [1.54, 1.807) is 24.3 Å². The van der Waals surface area contributed by atoms with E-state index in [4.69, 9.17) is 51.6 Å². The summed E-state index contributed by atoms with van der Waals surface area (Å²) in [4.78, 5) is 24.3. The largest absolute Gasteiger partial charge is 0.486 e. The third kappa shape index (κ3) is 18.0. The number of carbonyl (C=O) groups excluding carboxylic acids is 2. The average Bonchev–Trinajstić information content (AvgIpc) is 3.95. The summed E-state index contributed by atoms with van der Waals surface area (Å²) in [6.07, 6.45) is 4.52. The van der Waals surface area contributed by atoms with Gasteiger partial charge in [-0.1, -0.05) is 23.2 Å². The molecular weight excluding hydrogens is 1010 g/mol. The maximum Gasteiger partial charge on any atom is 0.314 e. The maximum atomic E-state index is 12.8. The van der Waals surface area contributed by atoms with Crippen LogP contribution in [0, 0.1) is 13.8 Å². The van der Waals surface area contributed by atoms with E-state index in [9.17, 15) is 26.4 Å². The highest BCUT2D eigenvalue weighted by molar-refractivity contribution is 7.89. The molecule has 6 N–H and O–H groups in total. The highest BCUT2D eigenvalue weighted by atomic mass is 35.5. The van der Waals surface area contributed by atoms with Gasteiger partial charge in [0.1, 0.15) is 23.7 Å². The lowest BCUT2D eigenvalue weighted by molar-refractivity contribution is 0.0516. The van der Waals surface area contributed by atoms with Gasteiger partial charge in [-0.25, -0.2) is 35.9 Å². The second-order valence-electron chi connectivity index (χ2n) is 17.1. The van der Waals surface area contributed by atoms with Crippen LogP contribution in [0.3, 0.4) is 0 Å². The zero-order valence-corrected chi connectivity index (χ0v) is 43.8. The van der Waals surface area contributed by atoms with Gasteiger partial charge in [-0.3, -0.25) is 0 Å². The Morgan fingerprint density at radius 1 is 0.500 bits per heavy atom. The quantitative estimate of drug-likeness (QED) is 0.0299. The summed E-state index contributed by atoms with van der Waals surface area (Å²) in [5, 5.41) is 12.3. The van der Waals surface area contributed by atoms with Crippen LogP contribution in [0.5, 0.6) is 11.5 Å². The molecule has 0 bridgehead atoms. The molecule has 0 aliphatic heterocycles. The molecule has 18 nitrogen and oxygen atoms in total. The monoisotopic (exact) mass is 1080 g/mol. The first-order valence-electron chi connectivity index (χ1n) is 24.1. The number of amides is 4. The minimum atomic E-state index is -3.73. The number of halogens is 2. The van der Waals surface area contributed by atoms with Crippen molar-refractivity contribution in [3.63, 3.8) is 0 Å². The molecule has 6 rings (SSSR count). The van der Waals surface area contributed by atoms with E-state index in [1.165, 1.54) is 35.4 Å². The predicted octanol–water partition coefficient (Wildman–Crippen LogP) is 6.44. The molecule has 4 aromatic rings. The van der Waals surface area contributed by atoms with Crippen molar-refractivity contribution in [3.8, 4) is 11.5 Å². The molecule has 394 valence electrons. The van der Waals surface area contributed by atoms with Crippen molar-refractivity contribution in [3.05, 3.63) is 116 Å². The fourth-order valence-electron chi connectivity index (χ4n) is 8.24. The van der Waals surface area contributed by atoms with Crippen molar-refractivity contribution < 1.29 is 54.8 Å². The Kier molecular flexibility index (Phi) is 22.5. The van der Waals surface area contributed by atoms with Gasteiger partial charge in [0, 0.05) is 49.3 Å². The second kappa shape index (κ2) is 28.6. The van der Waals surface area contributed by atoms with Gasteiger partial charge in [-0.15, -0.1) is 0 Å². The van der Waals surface area contributed by atoms with Crippen molar-refractivity contribution in [2.75, 3.05) is 92.1 Å². The van der Waals surface area contributed by atoms with E-state index in [-0.39, 0.29) is 100 Å². The summed E-state index contributed by atoms with van der Waals surface area (Å²) in [6.45, 7) is 7.62. The first-order valence-corrected chi connectivity index (χ1v) is 27.9. The smallest absolute Gasteiger partial charge is 0.314 e. The van der Waals surface area contributed by atoms with E-state index in [0.717, 1.165) is 47.9 Å². The van der Waals surface area contributed by atoms with Gasteiger partial charge in [-0.2, -0.15) is 0 Å². The Labute approximate surface area is 433 Å². The van der Waals surface area contributed by atoms with Gasteiger partial charge >= 0.3 is 12.1 Å². The normalized spacial score (nSPS) is 15.2. The number of nitrogens with one attached hydrogen (secondary N) is 6. The Morgan fingerprint density at radius 3 is 1.22 bits per heavy atom. The number of aryl methyl sites for hydroxylation is 2. The van der Waals surface area contributed by atoms with Gasteiger partial charge in [0.25, 0.3) is 0 Å². The van der Waals surface area contributed by atoms with Crippen molar-refractivity contribution >= 4 is 55.3 Å². The van der Waals surface area contributed by atoms with E-state index in [1.807, 2.05) is 38.1 Å². The highest BCUT2D eigenvalue weighted by Gasteiger charge is 2.28. The van der Waals surface area contributed by atoms with Crippen molar-refractivity contribution in [2.45, 2.75) is 74.4 Å². The molecule has 22 heteroatoms. The SMILES string of the molecule is Cc1cc(Cl)cc2c1CC[C@H]2Oc1ccc(S(=O)(=O)NCCOCCOCCNC(=O)NCCCCNC(=O)NCCOCCOCCNS(=O)(=O)c2ccc(O[C@@H]3CCc4c(C)cc(Cl)cc43)cc2)cc1. The third-order valence-corrected chi connectivity index (χ3v) is 15.2. The molecule has 2 aliphatic rings. The van der Waals surface area contributed by atoms with Crippen LogP contribution < -0.4 is 40.2 Å². The molecule has 2 atom stereocenters. The van der Waals surface area contributed by atoms with Crippen LogP contribution in [-0.4, -0.2) is 121 Å². The molecule has 0 fully saturated rings. The number of hydrogen-bond donors (Lipinski definition) is 6. The molecule has 0 aromatic heterocycles. The molecule has 0 radical (unpaired) electrons. The van der Waals surface area contributed by atoms with Crippen LogP contribution in [0.2, 0.25) is 10.0 Å². The number of unbranched alkanes of at least 4 members (excludes halogenated alkanes) is 1. The standard InChI is InChI=1S/C50H66Cl2N6O12S2/c1-35-31-37(51)33-45-43(35)13-15-47(45)69-39-5-9-41(10-6-39)71(61,62)57-21-25-67-29-27-65-23-19-55-49(59)53-17-3-4-18-54-50(60)56-20-24-66-28-30-68-26-22-58-72(63,64)42-11-7-40(8-12-42)70-48-16-14-44-36(2)32-38(52)34-46(44)48/h5-12,31-34,47-48,57-58H,3-4,13-30H2,1-2H3,(H2,53,55,59)(H2,54,56,60)/t47-,48-/m1/s1. The Balaban J connectivity index is 0.673. The van der Waals surface area contributed by atoms with Gasteiger partial charge in [-0.05, 0) is 159 Å². The molecule has 0 saturated heterocycles. The summed E-state index contributed by atoms with van der Waals surface area (Å²) in [7, 11) is -7.47. The zero-order valence-electron chi connectivity index (χ0n) is 40.7. The van der Waals surface area contributed by atoms with Crippen LogP contribution in [0.4, 0.5) is 9.59 Å². The number of sulfonamides is 2. The van der Waals surface area contributed by atoms with Gasteiger partial charge in [0.15, 0.2) is 0 Å². The zero-order chi connectivity index (χ0) is 51.4. The minimum absolute atomic E-state index is 0.0863. The van der Waals surface area contributed by atoms with Crippen LogP contribution in [-0.2, 0) is 51.8 Å². The molecular formula is C50H66Cl2N6O12S2. The molecule has 0 unspecified atom stereocenters. The van der Waals surface area contributed by atoms with Gasteiger partial charge < -0.3 is 49.7 Å². The molecule has 72 heavy (non-hydrogen) atoms. The average molecular weight is 1080 g/mol. The van der Waals surface area contributed by atoms with Crippen LogP contribution in [0.1, 0.15) is 71.3 Å². The molecule has 0 saturated carbocycles. The Morgan fingerprint density at radius 2 is 0.847 bits per heavy atom. The molecule has 4 aromatic carbocycles. The molecule has 0 spiro atoms. The summed E-state index contributed by atoms with van der Waals surface area (Å²) >= 11 is 12.5. The third-order valence-electron chi connectivity index (χ3n) is 11.8. The summed E-state index contributed by atoms with van der Waals surface area (Å²) in [5.74, 6) is 1.16. The molecule has 4 amide bonds. The molecule has 2 aliphatic carbocycles. The van der Waals surface area contributed by atoms with Gasteiger partial charge in [0.05, 0.1) is 62.6 Å². The maximum absolute atomic E-state index is 12.8. The topological polar surface area (TPSA) is 230 Å². The number of hydrogen-bond acceptors (Lipinski definition) is 12. The van der Waals surface area contributed by atoms with Crippen molar-refractivity contribution in [1.29, 1.82) is 0 Å². The predicted molar refractivity (Wildman–Crippen MR) is 274 cm³/mol. The van der Waals surface area contributed by atoms with E-state index >= 15 is 0 Å². The summed E-state index contributed by atoms with van der Waals surface area (Å²) in [6, 6.07) is 19.8. The van der Waals surface area contributed by atoms with Crippen LogP contribution in [0.25, 0.3) is 0 Å². The number of urea groups is 2. The lowest BCUT2D eigenvalue weighted by atomic mass is 10.0. The fourth-order valence-corrected chi connectivity index (χ4v) is 10.8. The van der Waals surface area contributed by atoms with E-state index < -0.39 is 20.0 Å². The second-order valence-corrected chi connectivity index (χ2v) is 21.5. The highest BCUT2D eigenvalue weighted by Crippen LogP contribution is 2.40. The lowest BCUT2D eigenvalue weighted by Gasteiger charge is -2.16. The molecule has 0 heterocycles. The van der Waals surface area contributed by atoms with Gasteiger partial charge in [0.2, 0.25) is 20.0 Å². The summed E-state index contributed by atoms with van der Waals surface area (Å²) in [5.41, 5.74) is 6.95. The van der Waals surface area contributed by atoms with Crippen LogP contribution >= 0.6 is 23.2 Å². The van der Waals surface area contributed by atoms with Crippen molar-refractivity contribution in [1.82, 2.24) is 30.7 Å². The Bertz CT molecular complexity index is 2430. The van der Waals surface area contributed by atoms with Crippen molar-refractivity contribution in [2.24, 2.45) is 0 Å². The van der Waals surface area contributed by atoms with E-state index in [2.05, 4.69) is 30.7 Å². The van der Waals surface area contributed by atoms with Crippen LogP contribution in [0.15, 0.2) is 82.6 Å². The first kappa shape index (κ1) is 56.6. The first-order chi connectivity index (χ1) is 34.7.